The average molecular weight is 378 g/mol. The van der Waals surface area contributed by atoms with Crippen LogP contribution in [0.5, 0.6) is 0 Å². The summed E-state index contributed by atoms with van der Waals surface area (Å²) in [5.74, 6) is 0.755. The standard InChI is InChI=1S/C24H31N3O/c1-3-22-15-20(9-12-25-22)23(28)27-13-10-24(11-14-27)16-21(17-26(2)18-24)19-7-5-4-6-8-19/h4-9,12,15,21H,3,10-11,13-14,16-18H2,1-2H3/t21-/m0/s1. The fourth-order valence-corrected chi connectivity index (χ4v) is 5.15. The monoisotopic (exact) mass is 377 g/mol. The van der Waals surface area contributed by atoms with Crippen LogP contribution < -0.4 is 0 Å². The van der Waals surface area contributed by atoms with Gasteiger partial charge in [0.1, 0.15) is 0 Å². The van der Waals surface area contributed by atoms with Crippen LogP contribution in [0.1, 0.15) is 53.7 Å². The first-order chi connectivity index (χ1) is 13.6. The van der Waals surface area contributed by atoms with Crippen molar-refractivity contribution in [3.8, 4) is 0 Å². The van der Waals surface area contributed by atoms with Crippen molar-refractivity contribution in [2.24, 2.45) is 5.41 Å². The van der Waals surface area contributed by atoms with E-state index in [1.165, 1.54) is 12.0 Å². The van der Waals surface area contributed by atoms with Crippen LogP contribution >= 0.6 is 0 Å². The van der Waals surface area contributed by atoms with E-state index in [1.54, 1.807) is 6.20 Å². The summed E-state index contributed by atoms with van der Waals surface area (Å²) in [6.45, 7) is 6.07. The Balaban J connectivity index is 1.44. The van der Waals surface area contributed by atoms with Crippen molar-refractivity contribution in [1.82, 2.24) is 14.8 Å². The summed E-state index contributed by atoms with van der Waals surface area (Å²) in [5, 5.41) is 0. The molecule has 1 aromatic heterocycles. The zero-order valence-corrected chi connectivity index (χ0v) is 17.1. The molecule has 2 fully saturated rings. The summed E-state index contributed by atoms with van der Waals surface area (Å²) in [4.78, 5) is 21.8. The normalized spacial score (nSPS) is 22.4. The van der Waals surface area contributed by atoms with Crippen molar-refractivity contribution in [1.29, 1.82) is 0 Å². The zero-order valence-electron chi connectivity index (χ0n) is 17.1. The maximum absolute atomic E-state index is 13.0. The molecule has 0 bridgehead atoms. The lowest BCUT2D eigenvalue weighted by molar-refractivity contribution is 0.0224. The number of amides is 1. The largest absolute Gasteiger partial charge is 0.339 e. The van der Waals surface area contributed by atoms with E-state index in [4.69, 9.17) is 0 Å². The number of likely N-dealkylation sites (tertiary alicyclic amines) is 2. The first-order valence-corrected chi connectivity index (χ1v) is 10.6. The third-order valence-corrected chi connectivity index (χ3v) is 6.62. The van der Waals surface area contributed by atoms with Gasteiger partial charge in [0.25, 0.3) is 5.91 Å². The SMILES string of the molecule is CCc1cc(C(=O)N2CCC3(CC2)C[C@H](c2ccccc2)CN(C)C3)ccn1. The Kier molecular flexibility index (Phi) is 5.49. The Morgan fingerprint density at radius 2 is 1.93 bits per heavy atom. The lowest BCUT2D eigenvalue weighted by Crippen LogP contribution is -2.51. The molecule has 2 saturated heterocycles. The van der Waals surface area contributed by atoms with E-state index < -0.39 is 0 Å². The zero-order chi connectivity index (χ0) is 19.6. The van der Waals surface area contributed by atoms with Crippen molar-refractivity contribution in [2.75, 3.05) is 33.2 Å². The molecule has 0 unspecified atom stereocenters. The summed E-state index contributed by atoms with van der Waals surface area (Å²) >= 11 is 0. The lowest BCUT2D eigenvalue weighted by Gasteiger charge is -2.49. The van der Waals surface area contributed by atoms with Gasteiger partial charge in [0.05, 0.1) is 0 Å². The van der Waals surface area contributed by atoms with E-state index in [2.05, 4.69) is 54.2 Å². The van der Waals surface area contributed by atoms with Crippen LogP contribution in [-0.2, 0) is 6.42 Å². The second-order valence-corrected chi connectivity index (χ2v) is 8.69. The van der Waals surface area contributed by atoms with Gasteiger partial charge in [0.2, 0.25) is 0 Å². The summed E-state index contributed by atoms with van der Waals surface area (Å²) in [5.41, 5.74) is 3.55. The molecule has 0 radical (unpaired) electrons. The number of rotatable bonds is 3. The highest BCUT2D eigenvalue weighted by atomic mass is 16.2. The van der Waals surface area contributed by atoms with Crippen LogP contribution in [-0.4, -0.2) is 53.9 Å². The van der Waals surface area contributed by atoms with Crippen molar-refractivity contribution in [2.45, 2.75) is 38.5 Å². The number of piperidine rings is 2. The number of benzene rings is 1. The van der Waals surface area contributed by atoms with Crippen LogP contribution in [0.3, 0.4) is 0 Å². The number of aromatic nitrogens is 1. The molecule has 1 spiro atoms. The molecular formula is C24H31N3O. The molecule has 148 valence electrons. The number of nitrogens with zero attached hydrogens (tertiary/aromatic N) is 3. The average Bonchev–Trinajstić information content (AvgIpc) is 2.74. The van der Waals surface area contributed by atoms with Crippen molar-refractivity contribution < 1.29 is 4.79 Å². The van der Waals surface area contributed by atoms with Gasteiger partial charge in [-0.1, -0.05) is 37.3 Å². The Morgan fingerprint density at radius 1 is 1.18 bits per heavy atom. The van der Waals surface area contributed by atoms with Crippen LogP contribution in [0, 0.1) is 5.41 Å². The van der Waals surface area contributed by atoms with Crippen molar-refractivity contribution >= 4 is 5.91 Å². The number of carbonyl (C=O) groups is 1. The molecular weight excluding hydrogens is 346 g/mol. The van der Waals surface area contributed by atoms with E-state index in [-0.39, 0.29) is 5.91 Å². The highest BCUT2D eigenvalue weighted by molar-refractivity contribution is 5.94. The number of carbonyl (C=O) groups excluding carboxylic acids is 1. The Labute approximate surface area is 168 Å². The highest BCUT2D eigenvalue weighted by Crippen LogP contribution is 2.44. The molecule has 1 amide bonds. The molecule has 28 heavy (non-hydrogen) atoms. The van der Waals surface area contributed by atoms with Crippen LogP contribution in [0.25, 0.3) is 0 Å². The molecule has 0 saturated carbocycles. The summed E-state index contributed by atoms with van der Waals surface area (Å²) in [6, 6.07) is 14.7. The number of likely N-dealkylation sites (N-methyl/N-ethyl adjacent to an activating group) is 1. The van der Waals surface area contributed by atoms with Gasteiger partial charge in [0, 0.05) is 43.6 Å². The molecule has 0 N–H and O–H groups in total. The molecule has 2 aliphatic heterocycles. The molecule has 2 aromatic rings. The molecule has 1 atom stereocenters. The maximum Gasteiger partial charge on any atom is 0.253 e. The van der Waals surface area contributed by atoms with Gasteiger partial charge in [-0.05, 0) is 61.8 Å². The van der Waals surface area contributed by atoms with Gasteiger partial charge < -0.3 is 9.80 Å². The molecule has 2 aliphatic rings. The number of hydrogen-bond donors (Lipinski definition) is 0. The van der Waals surface area contributed by atoms with E-state index in [0.29, 0.717) is 11.3 Å². The van der Waals surface area contributed by atoms with E-state index in [0.717, 1.165) is 56.7 Å². The Morgan fingerprint density at radius 3 is 2.64 bits per heavy atom. The Bertz CT molecular complexity index is 812. The van der Waals surface area contributed by atoms with Crippen LogP contribution in [0.2, 0.25) is 0 Å². The minimum absolute atomic E-state index is 0.163. The van der Waals surface area contributed by atoms with Gasteiger partial charge >= 0.3 is 0 Å². The third-order valence-electron chi connectivity index (χ3n) is 6.62. The molecule has 4 nitrogen and oxygen atoms in total. The molecule has 4 heteroatoms. The van der Waals surface area contributed by atoms with Gasteiger partial charge in [-0.2, -0.15) is 0 Å². The van der Waals surface area contributed by atoms with Crippen molar-refractivity contribution in [3.63, 3.8) is 0 Å². The van der Waals surface area contributed by atoms with Crippen molar-refractivity contribution in [3.05, 3.63) is 65.5 Å². The molecule has 3 heterocycles. The number of aryl methyl sites for hydroxylation is 1. The van der Waals surface area contributed by atoms with E-state index in [9.17, 15) is 4.79 Å². The Hall–Kier alpha value is -2.20. The van der Waals surface area contributed by atoms with Gasteiger partial charge in [-0.3, -0.25) is 9.78 Å². The van der Waals surface area contributed by atoms with Crippen LogP contribution in [0.15, 0.2) is 48.7 Å². The number of pyridine rings is 1. The quantitative estimate of drug-likeness (QED) is 0.812. The predicted octanol–water partition coefficient (Wildman–Crippen LogP) is 3.99. The minimum atomic E-state index is 0.163. The molecule has 4 rings (SSSR count). The number of hydrogen-bond acceptors (Lipinski definition) is 3. The smallest absolute Gasteiger partial charge is 0.253 e. The topological polar surface area (TPSA) is 36.4 Å². The lowest BCUT2D eigenvalue weighted by atomic mass is 9.68. The second kappa shape index (κ2) is 8.04. The van der Waals surface area contributed by atoms with E-state index >= 15 is 0 Å². The fourth-order valence-electron chi connectivity index (χ4n) is 5.15. The third kappa shape index (κ3) is 3.97. The van der Waals surface area contributed by atoms with Gasteiger partial charge in [0.15, 0.2) is 0 Å². The maximum atomic E-state index is 13.0. The predicted molar refractivity (Wildman–Crippen MR) is 112 cm³/mol. The second-order valence-electron chi connectivity index (χ2n) is 8.69. The van der Waals surface area contributed by atoms with Crippen LogP contribution in [0.4, 0.5) is 0 Å². The summed E-state index contributed by atoms with van der Waals surface area (Å²) in [7, 11) is 2.25. The highest BCUT2D eigenvalue weighted by Gasteiger charge is 2.42. The van der Waals surface area contributed by atoms with E-state index in [1.807, 2.05) is 17.0 Å². The molecule has 1 aromatic carbocycles. The summed E-state index contributed by atoms with van der Waals surface area (Å²) < 4.78 is 0. The van der Waals surface area contributed by atoms with Gasteiger partial charge in [-0.15, -0.1) is 0 Å². The first-order valence-electron chi connectivity index (χ1n) is 10.6. The fraction of sp³-hybridized carbons (Fsp3) is 0.500. The first kappa shape index (κ1) is 19.1. The van der Waals surface area contributed by atoms with Gasteiger partial charge in [-0.25, -0.2) is 0 Å². The summed E-state index contributed by atoms with van der Waals surface area (Å²) in [6.07, 6.45) is 6.05. The molecule has 0 aliphatic carbocycles. The minimum Gasteiger partial charge on any atom is -0.339 e.